The number of hydrogen-bond donors (Lipinski definition) is 4. The number of amides is 11. The highest BCUT2D eigenvalue weighted by atomic mass is 35.5. The van der Waals surface area contributed by atoms with E-state index in [1.165, 1.54) is 75.0 Å². The number of hydrogen-bond acceptors (Lipinski definition) is 11. The smallest absolute Gasteiger partial charge is 0.351 e. The standard InChI is InChI=1S/C66H105ClF3N11O11/c1-17-42(8)56-63(91)77(12)37-54(84)75(10)38-55(85)78(13)51(35-44-23-19-18-20-24-44)62(90)76(11)36-52(82)72-48(28-26-45-25-27-46(47(67)34-45)66(68,69)70)61(89)79(14)50(32-40(4)5)59(87)74-65(29-21-22-30-65)64(92)80(15)49(31-39(2)3)58(86)71-43(9)33-53(83)81(16)57(41(6)7)60(88)73-56/h25,27,34,39-44,48-51,56-57H,17-24,26,28-33,35-38H2,1-16H3,(H,71,86)(H,72,82)(H,73,88)(H,74,87)/t42-,43+,48-,49-,50-,51-,56-,57-/m0/s1. The van der Waals surface area contributed by atoms with Gasteiger partial charge in [-0.3, -0.25) is 52.7 Å². The van der Waals surface area contributed by atoms with Gasteiger partial charge in [-0.25, -0.2) is 0 Å². The van der Waals surface area contributed by atoms with Gasteiger partial charge in [-0.1, -0.05) is 124 Å². The zero-order chi connectivity index (χ0) is 69.4. The molecule has 3 fully saturated rings. The Morgan fingerprint density at radius 2 is 1.17 bits per heavy atom. The van der Waals surface area contributed by atoms with Gasteiger partial charge in [0.1, 0.15) is 41.8 Å². The molecule has 11 amide bonds. The van der Waals surface area contributed by atoms with E-state index in [2.05, 4.69) is 21.3 Å². The molecule has 1 spiro atoms. The highest BCUT2D eigenvalue weighted by molar-refractivity contribution is 6.31. The summed E-state index contributed by atoms with van der Waals surface area (Å²) in [4.78, 5) is 169. The summed E-state index contributed by atoms with van der Waals surface area (Å²) in [6, 6.07) is -4.83. The van der Waals surface area contributed by atoms with Crippen LogP contribution in [0.15, 0.2) is 18.2 Å². The quantitative estimate of drug-likeness (QED) is 0.187. The zero-order valence-corrected chi connectivity index (χ0v) is 58.0. The van der Waals surface area contributed by atoms with E-state index in [0.717, 1.165) is 58.9 Å². The zero-order valence-electron chi connectivity index (χ0n) is 57.2. The Morgan fingerprint density at radius 3 is 1.72 bits per heavy atom. The van der Waals surface area contributed by atoms with Gasteiger partial charge in [-0.05, 0) is 99.2 Å². The molecule has 8 atom stereocenters. The molecule has 3 aliphatic rings. The third kappa shape index (κ3) is 21.2. The van der Waals surface area contributed by atoms with Gasteiger partial charge in [-0.15, -0.1) is 0 Å². The Labute approximate surface area is 547 Å². The topological polar surface area (TPSA) is 259 Å². The first-order valence-electron chi connectivity index (χ1n) is 32.7. The van der Waals surface area contributed by atoms with E-state index in [0.29, 0.717) is 24.8 Å². The summed E-state index contributed by atoms with van der Waals surface area (Å²) in [7, 11) is 9.90. The maximum absolute atomic E-state index is 15.2. The molecule has 0 aromatic heterocycles. The molecule has 26 heteroatoms. The molecule has 518 valence electrons. The van der Waals surface area contributed by atoms with Crippen molar-refractivity contribution in [3.05, 3.63) is 34.3 Å². The molecule has 1 saturated heterocycles. The SMILES string of the molecule is CC[C@H](C)[C@@H]1NC(=O)[C@H](C(C)C)N(C)C(=O)C[C@@H](C)NC(=O)[C@H](CC(C)C)N(C)C(=O)C2(CCCC2)NC(=O)[C@H](CC(C)C)N(C)C(=O)[C@H](CCc2ccc(C(F)(F)F)c(Cl)c2)NC(=O)CN(C)C(=O)[C@H](CC2CCCCC2)N(C)C(=O)CN(C)C(=O)CN(C)C1=O. The average molecular weight is 1320 g/mol. The van der Waals surface area contributed by atoms with E-state index in [1.54, 1.807) is 27.7 Å². The van der Waals surface area contributed by atoms with Gasteiger partial charge in [0, 0.05) is 61.8 Å². The fourth-order valence-electron chi connectivity index (χ4n) is 12.8. The van der Waals surface area contributed by atoms with Gasteiger partial charge in [0.15, 0.2) is 0 Å². The minimum atomic E-state index is -4.75. The Hall–Kier alpha value is -6.53. The first kappa shape index (κ1) is 77.9. The molecule has 1 aromatic rings. The number of carbonyl (C=O) groups is 11. The second-order valence-electron chi connectivity index (χ2n) is 27.5. The van der Waals surface area contributed by atoms with Crippen molar-refractivity contribution in [2.75, 3.05) is 69.0 Å². The molecule has 2 aliphatic carbocycles. The Balaban J connectivity index is 1.85. The third-order valence-corrected chi connectivity index (χ3v) is 18.9. The molecule has 0 unspecified atom stereocenters. The van der Waals surface area contributed by atoms with Crippen LogP contribution in [0, 0.1) is 29.6 Å². The number of likely N-dealkylation sites (N-methyl/N-ethyl adjacent to an activating group) is 7. The van der Waals surface area contributed by atoms with Crippen molar-refractivity contribution in [3.63, 3.8) is 0 Å². The van der Waals surface area contributed by atoms with Crippen LogP contribution < -0.4 is 21.3 Å². The van der Waals surface area contributed by atoms with E-state index >= 15 is 14.4 Å². The van der Waals surface area contributed by atoms with Crippen LogP contribution in [0.1, 0.15) is 170 Å². The summed E-state index contributed by atoms with van der Waals surface area (Å²) in [5.74, 6) is -8.26. The summed E-state index contributed by atoms with van der Waals surface area (Å²) in [6.07, 6.45) is 1.40. The summed E-state index contributed by atoms with van der Waals surface area (Å²) in [5.41, 5.74) is -2.31. The molecule has 0 radical (unpaired) electrons. The lowest BCUT2D eigenvalue weighted by Crippen LogP contribution is -2.64. The minimum absolute atomic E-state index is 0.0254. The minimum Gasteiger partial charge on any atom is -0.351 e. The normalized spacial score (nSPS) is 25.5. The fourth-order valence-corrected chi connectivity index (χ4v) is 13.1. The third-order valence-electron chi connectivity index (χ3n) is 18.6. The van der Waals surface area contributed by atoms with E-state index in [4.69, 9.17) is 11.6 Å². The van der Waals surface area contributed by atoms with E-state index in [-0.39, 0.29) is 69.1 Å². The number of alkyl halides is 3. The van der Waals surface area contributed by atoms with Crippen molar-refractivity contribution in [2.45, 2.75) is 219 Å². The van der Waals surface area contributed by atoms with Gasteiger partial charge in [0.05, 0.1) is 30.2 Å². The van der Waals surface area contributed by atoms with Crippen molar-refractivity contribution in [1.82, 2.24) is 55.6 Å². The first-order chi connectivity index (χ1) is 42.8. The van der Waals surface area contributed by atoms with Crippen LogP contribution in [0.5, 0.6) is 0 Å². The van der Waals surface area contributed by atoms with Gasteiger partial charge in [0.2, 0.25) is 65.0 Å². The maximum atomic E-state index is 15.2. The monoisotopic (exact) mass is 1320 g/mol. The number of benzene rings is 1. The lowest BCUT2D eigenvalue weighted by Gasteiger charge is -2.39. The van der Waals surface area contributed by atoms with Crippen LogP contribution in [0.4, 0.5) is 13.2 Å². The molecule has 2 saturated carbocycles. The molecular weight excluding hydrogens is 1220 g/mol. The molecule has 1 aromatic carbocycles. The van der Waals surface area contributed by atoms with Crippen LogP contribution in [0.3, 0.4) is 0 Å². The summed E-state index contributed by atoms with van der Waals surface area (Å²) in [5, 5.41) is 11.0. The molecule has 4 N–H and O–H groups in total. The predicted molar refractivity (Wildman–Crippen MR) is 344 cm³/mol. The van der Waals surface area contributed by atoms with E-state index < -0.39 is 161 Å². The molecule has 0 bridgehead atoms. The van der Waals surface area contributed by atoms with Crippen molar-refractivity contribution in [2.24, 2.45) is 29.6 Å². The Morgan fingerprint density at radius 1 is 0.609 bits per heavy atom. The number of aryl methyl sites for hydroxylation is 1. The largest absolute Gasteiger partial charge is 0.417 e. The summed E-state index contributed by atoms with van der Waals surface area (Å²) in [6.45, 7) is 14.5. The molecule has 1 heterocycles. The number of nitrogens with one attached hydrogen (secondary N) is 4. The van der Waals surface area contributed by atoms with Crippen LogP contribution in [0.25, 0.3) is 0 Å². The van der Waals surface area contributed by atoms with Gasteiger partial charge >= 0.3 is 6.18 Å². The Kier molecular flexibility index (Phi) is 29.3. The fraction of sp³-hybridized carbons (Fsp3) is 0.742. The first-order valence-corrected chi connectivity index (χ1v) is 33.1. The van der Waals surface area contributed by atoms with E-state index in [1.807, 2.05) is 34.6 Å². The van der Waals surface area contributed by atoms with Gasteiger partial charge in [0.25, 0.3) is 0 Å². The number of rotatable bonds is 12. The van der Waals surface area contributed by atoms with E-state index in [9.17, 15) is 51.5 Å². The molecule has 1 aliphatic heterocycles. The van der Waals surface area contributed by atoms with Crippen molar-refractivity contribution in [3.8, 4) is 0 Å². The Bertz CT molecular complexity index is 2780. The van der Waals surface area contributed by atoms with Gasteiger partial charge in [-0.2, -0.15) is 13.2 Å². The molecule has 22 nitrogen and oxygen atoms in total. The second kappa shape index (κ2) is 34.6. The lowest BCUT2D eigenvalue weighted by molar-refractivity contribution is -0.149. The average Bonchev–Trinajstić information content (AvgIpc) is 2.14. The number of halogens is 4. The van der Waals surface area contributed by atoms with Crippen molar-refractivity contribution >= 4 is 76.6 Å². The van der Waals surface area contributed by atoms with Crippen LogP contribution in [-0.4, -0.2) is 216 Å². The summed E-state index contributed by atoms with van der Waals surface area (Å²) < 4.78 is 41.4. The van der Waals surface area contributed by atoms with Crippen molar-refractivity contribution < 1.29 is 65.9 Å². The molecule has 4 rings (SSSR count). The maximum Gasteiger partial charge on any atom is 0.417 e. The lowest BCUT2D eigenvalue weighted by atomic mass is 9.84. The second-order valence-corrected chi connectivity index (χ2v) is 27.9. The highest BCUT2D eigenvalue weighted by Crippen LogP contribution is 2.36. The molecular formula is C66H105ClF3N11O11. The molecule has 92 heavy (non-hydrogen) atoms. The predicted octanol–water partition coefficient (Wildman–Crippen LogP) is 6.05. The highest BCUT2D eigenvalue weighted by Gasteiger charge is 2.49. The van der Waals surface area contributed by atoms with Crippen LogP contribution >= 0.6 is 11.6 Å². The van der Waals surface area contributed by atoms with Crippen LogP contribution in [-0.2, 0) is 65.3 Å². The number of carbonyl (C=O) groups excluding carboxylic acids is 11. The van der Waals surface area contributed by atoms with Crippen LogP contribution in [0.2, 0.25) is 5.02 Å². The van der Waals surface area contributed by atoms with Gasteiger partial charge < -0.3 is 55.6 Å². The number of nitrogens with zero attached hydrogens (tertiary/aromatic N) is 7. The summed E-state index contributed by atoms with van der Waals surface area (Å²) >= 11 is 6.13. The van der Waals surface area contributed by atoms with Crippen molar-refractivity contribution in [1.29, 1.82) is 0 Å².